The third kappa shape index (κ3) is 4.46. The van der Waals surface area contributed by atoms with Crippen molar-refractivity contribution in [2.45, 2.75) is 58.1 Å². The van der Waals surface area contributed by atoms with Gasteiger partial charge in [0.2, 0.25) is 0 Å². The number of nitrogens with one attached hydrogen (secondary N) is 1. The Balaban J connectivity index is 0.000000150. The van der Waals surface area contributed by atoms with Crippen molar-refractivity contribution >= 4 is 22.9 Å². The van der Waals surface area contributed by atoms with Crippen LogP contribution in [0.25, 0.3) is 10.9 Å². The maximum atomic E-state index is 11.8. The number of para-hydroxylation sites is 1. The van der Waals surface area contributed by atoms with Crippen molar-refractivity contribution in [1.82, 2.24) is 9.29 Å². The molecule has 0 amide bonds. The predicted octanol–water partition coefficient (Wildman–Crippen LogP) is 4.00. The smallest absolute Gasteiger partial charge is 0.192 e. The molecule has 2 heterocycles. The Morgan fingerprint density at radius 3 is 2.64 bits per heavy atom. The molecule has 136 valence electrons. The number of aliphatic hydroxyl groups excluding tert-OH is 1. The van der Waals surface area contributed by atoms with Gasteiger partial charge in [-0.2, -0.15) is 0 Å². The van der Waals surface area contributed by atoms with Gasteiger partial charge in [0, 0.05) is 40.5 Å². The van der Waals surface area contributed by atoms with Gasteiger partial charge in [-0.15, -0.1) is 0 Å². The van der Waals surface area contributed by atoms with E-state index in [0.29, 0.717) is 16.6 Å². The quantitative estimate of drug-likeness (QED) is 0.795. The van der Waals surface area contributed by atoms with Crippen LogP contribution in [0.4, 0.5) is 0 Å². The fraction of sp³-hybridized carbons (Fsp3) is 0.550. The van der Waals surface area contributed by atoms with Gasteiger partial charge in [-0.1, -0.05) is 43.3 Å². The lowest BCUT2D eigenvalue weighted by Crippen LogP contribution is -2.29. The number of hydrogen-bond acceptors (Lipinski definition) is 4. The number of aliphatic hydroxyl groups is 1. The number of aromatic amines is 1. The second-order valence-corrected chi connectivity index (χ2v) is 8.02. The molecule has 0 bridgehead atoms. The van der Waals surface area contributed by atoms with Crippen LogP contribution in [0.15, 0.2) is 29.1 Å². The highest BCUT2D eigenvalue weighted by Crippen LogP contribution is 2.31. The molecule has 0 unspecified atom stereocenters. The lowest BCUT2D eigenvalue weighted by molar-refractivity contribution is 0.276. The van der Waals surface area contributed by atoms with E-state index < -0.39 is 0 Å². The number of nitrogens with zero attached hydrogens (tertiary/aromatic N) is 1. The summed E-state index contributed by atoms with van der Waals surface area (Å²) in [5.74, 6) is 1.37. The molecule has 1 saturated heterocycles. The normalized spacial score (nSPS) is 19.0. The van der Waals surface area contributed by atoms with E-state index >= 15 is 0 Å². The van der Waals surface area contributed by atoms with Crippen LogP contribution in [0, 0.1) is 6.92 Å². The van der Waals surface area contributed by atoms with Gasteiger partial charge in [-0.25, -0.2) is 4.31 Å². The molecule has 1 aliphatic carbocycles. The molecule has 2 aromatic rings. The minimum Gasteiger partial charge on any atom is -0.390 e. The highest BCUT2D eigenvalue weighted by molar-refractivity contribution is 7.97. The zero-order valence-electron chi connectivity index (χ0n) is 15.0. The molecular formula is C20H28N2O2S. The van der Waals surface area contributed by atoms with Crippen LogP contribution in [0.1, 0.15) is 49.8 Å². The summed E-state index contributed by atoms with van der Waals surface area (Å²) in [6, 6.07) is 8.23. The summed E-state index contributed by atoms with van der Waals surface area (Å²) in [5, 5.41) is 9.70. The monoisotopic (exact) mass is 360 g/mol. The summed E-state index contributed by atoms with van der Waals surface area (Å²) in [4.78, 5) is 14.8. The molecule has 4 rings (SSSR count). The van der Waals surface area contributed by atoms with Crippen LogP contribution in [0.3, 0.4) is 0 Å². The fourth-order valence-corrected chi connectivity index (χ4v) is 4.84. The van der Waals surface area contributed by atoms with Gasteiger partial charge in [0.25, 0.3) is 0 Å². The summed E-state index contributed by atoms with van der Waals surface area (Å²) in [6.45, 7) is 2.94. The number of H-pyrrole nitrogens is 1. The van der Waals surface area contributed by atoms with Crippen LogP contribution in [0.5, 0.6) is 0 Å². The number of hydrogen-bond donors (Lipinski definition) is 2. The van der Waals surface area contributed by atoms with Gasteiger partial charge < -0.3 is 10.1 Å². The van der Waals surface area contributed by atoms with Crippen molar-refractivity contribution < 1.29 is 5.11 Å². The second kappa shape index (κ2) is 8.88. The summed E-state index contributed by atoms with van der Waals surface area (Å²) in [5.41, 5.74) is 1.94. The Hall–Kier alpha value is -1.30. The Kier molecular flexibility index (Phi) is 6.57. The number of aromatic nitrogens is 1. The van der Waals surface area contributed by atoms with Gasteiger partial charge in [-0.3, -0.25) is 4.79 Å². The lowest BCUT2D eigenvalue weighted by atomic mass is 9.95. The summed E-state index contributed by atoms with van der Waals surface area (Å²) >= 11 is 2.08. The third-order valence-electron chi connectivity index (χ3n) is 5.17. The number of benzene rings is 1. The van der Waals surface area contributed by atoms with Crippen molar-refractivity contribution in [3.05, 3.63) is 45.7 Å². The highest BCUT2D eigenvalue weighted by atomic mass is 32.2. The standard InChI is InChI=1S/C11H11NO2.C9H17NS/c1-7-10(6-13)12-9-5-3-2-4-8(9)11(7)14;1-2-5-9(6-3-1)10-7-4-8-11-10/h2-5,13H,6H2,1H3,(H,12,14);9H,1-8H2. The largest absolute Gasteiger partial charge is 0.390 e. The maximum Gasteiger partial charge on any atom is 0.192 e. The number of fused-ring (bicyclic) bond motifs is 1. The molecule has 0 atom stereocenters. The van der Waals surface area contributed by atoms with Gasteiger partial charge >= 0.3 is 0 Å². The van der Waals surface area contributed by atoms with Gasteiger partial charge in [0.1, 0.15) is 0 Å². The molecule has 1 aromatic heterocycles. The van der Waals surface area contributed by atoms with E-state index in [-0.39, 0.29) is 12.0 Å². The second-order valence-electron chi connectivity index (χ2n) is 6.88. The summed E-state index contributed by atoms with van der Waals surface area (Å²) < 4.78 is 2.64. The van der Waals surface area contributed by atoms with Crippen molar-refractivity contribution in [1.29, 1.82) is 0 Å². The fourth-order valence-electron chi connectivity index (χ4n) is 3.67. The van der Waals surface area contributed by atoms with E-state index in [0.717, 1.165) is 11.6 Å². The summed E-state index contributed by atoms with van der Waals surface area (Å²) in [6.07, 6.45) is 8.78. The average Bonchev–Trinajstić information content (AvgIpc) is 3.21. The minimum absolute atomic E-state index is 0.0107. The lowest BCUT2D eigenvalue weighted by Gasteiger charge is -2.29. The molecule has 2 fully saturated rings. The first-order chi connectivity index (χ1) is 12.2. The molecule has 1 saturated carbocycles. The van der Waals surface area contributed by atoms with Crippen molar-refractivity contribution in [3.8, 4) is 0 Å². The Bertz CT molecular complexity index is 747. The molecule has 4 nitrogen and oxygen atoms in total. The Morgan fingerprint density at radius 1 is 1.20 bits per heavy atom. The molecule has 2 aliphatic rings. The molecular weight excluding hydrogens is 332 g/mol. The average molecular weight is 361 g/mol. The Morgan fingerprint density at radius 2 is 1.96 bits per heavy atom. The van der Waals surface area contributed by atoms with E-state index in [9.17, 15) is 4.79 Å². The van der Waals surface area contributed by atoms with Crippen LogP contribution < -0.4 is 5.43 Å². The first-order valence-electron chi connectivity index (χ1n) is 9.31. The van der Waals surface area contributed by atoms with E-state index in [4.69, 9.17) is 5.11 Å². The topological polar surface area (TPSA) is 56.3 Å². The number of pyridine rings is 1. The predicted molar refractivity (Wildman–Crippen MR) is 106 cm³/mol. The Labute approximate surface area is 153 Å². The molecule has 25 heavy (non-hydrogen) atoms. The van der Waals surface area contributed by atoms with E-state index in [2.05, 4.69) is 21.2 Å². The van der Waals surface area contributed by atoms with E-state index in [1.165, 1.54) is 50.8 Å². The van der Waals surface area contributed by atoms with Crippen molar-refractivity contribution in [2.75, 3.05) is 12.3 Å². The third-order valence-corrected chi connectivity index (χ3v) is 6.45. The molecule has 5 heteroatoms. The van der Waals surface area contributed by atoms with E-state index in [1.807, 2.05) is 18.2 Å². The molecule has 2 N–H and O–H groups in total. The summed E-state index contributed by atoms with van der Waals surface area (Å²) in [7, 11) is 0. The van der Waals surface area contributed by atoms with Crippen molar-refractivity contribution in [3.63, 3.8) is 0 Å². The molecule has 1 aromatic carbocycles. The highest BCUT2D eigenvalue weighted by Gasteiger charge is 2.23. The first kappa shape index (κ1) is 18.5. The zero-order valence-corrected chi connectivity index (χ0v) is 15.8. The van der Waals surface area contributed by atoms with Crippen LogP contribution in [0.2, 0.25) is 0 Å². The molecule has 0 radical (unpaired) electrons. The van der Waals surface area contributed by atoms with E-state index in [1.54, 1.807) is 13.0 Å². The SMILES string of the molecule is C1CCC(N2CCCS2)CC1.Cc1c(CO)[nH]c2ccccc2c1=O. The van der Waals surface area contributed by atoms with Gasteiger partial charge in [0.15, 0.2) is 5.43 Å². The molecule has 0 spiro atoms. The zero-order chi connectivity index (χ0) is 17.6. The van der Waals surface area contributed by atoms with Gasteiger partial charge in [0.05, 0.1) is 6.61 Å². The van der Waals surface area contributed by atoms with Gasteiger partial charge in [-0.05, 0) is 38.3 Å². The first-order valence-corrected chi connectivity index (χ1v) is 10.3. The van der Waals surface area contributed by atoms with Crippen LogP contribution in [-0.2, 0) is 6.61 Å². The maximum absolute atomic E-state index is 11.8. The minimum atomic E-state index is -0.133. The van der Waals surface area contributed by atoms with Crippen molar-refractivity contribution in [2.24, 2.45) is 0 Å². The van der Waals surface area contributed by atoms with Crippen LogP contribution in [-0.4, -0.2) is 32.7 Å². The van der Waals surface area contributed by atoms with Crippen LogP contribution >= 0.6 is 11.9 Å². The number of rotatable bonds is 2. The molecule has 1 aliphatic heterocycles.